The molecule has 15 nitrogen and oxygen atoms in total. The summed E-state index contributed by atoms with van der Waals surface area (Å²) in [6.07, 6.45) is 6.25. The van der Waals surface area contributed by atoms with E-state index in [-0.39, 0.29) is 43.1 Å². The van der Waals surface area contributed by atoms with Gasteiger partial charge in [-0.05, 0) is 66.3 Å². The molecule has 2 heterocycles. The van der Waals surface area contributed by atoms with E-state index < -0.39 is 53.9 Å². The molecular weight excluding hydrogens is 678 g/mol. The van der Waals surface area contributed by atoms with Crippen LogP contribution in [0.5, 0.6) is 0 Å². The second kappa shape index (κ2) is 17.4. The van der Waals surface area contributed by atoms with Crippen LogP contribution in [-0.2, 0) is 30.4 Å². The van der Waals surface area contributed by atoms with Crippen molar-refractivity contribution >= 4 is 46.5 Å². The predicted octanol–water partition coefficient (Wildman–Crippen LogP) is 2.25. The van der Waals surface area contributed by atoms with Gasteiger partial charge >= 0.3 is 5.97 Å². The number of aromatic amines is 1. The first-order valence-electron chi connectivity index (χ1n) is 18.3. The van der Waals surface area contributed by atoms with Gasteiger partial charge in [0.15, 0.2) is 5.96 Å². The number of carboxylic acids is 1. The molecule has 53 heavy (non-hydrogen) atoms. The highest BCUT2D eigenvalue weighted by Gasteiger charge is 2.45. The Morgan fingerprint density at radius 1 is 1.00 bits per heavy atom. The van der Waals surface area contributed by atoms with Gasteiger partial charge in [-0.1, -0.05) is 63.4 Å². The molecule has 15 heteroatoms. The van der Waals surface area contributed by atoms with Crippen molar-refractivity contribution in [2.24, 2.45) is 28.3 Å². The van der Waals surface area contributed by atoms with Crippen molar-refractivity contribution in [1.82, 2.24) is 31.0 Å². The molecule has 4 amide bonds. The molecule has 2 unspecified atom stereocenters. The number of hydrogen-bond acceptors (Lipinski definition) is 7. The molecule has 0 radical (unpaired) electrons. The highest BCUT2D eigenvalue weighted by atomic mass is 16.4. The third kappa shape index (κ3) is 9.31. The summed E-state index contributed by atoms with van der Waals surface area (Å²) >= 11 is 0. The van der Waals surface area contributed by atoms with E-state index in [4.69, 9.17) is 11.5 Å². The van der Waals surface area contributed by atoms with Crippen molar-refractivity contribution in [1.29, 1.82) is 0 Å². The number of rotatable bonds is 14. The zero-order valence-corrected chi connectivity index (χ0v) is 30.5. The molecule has 9 N–H and O–H groups in total. The Hall–Kier alpha value is -5.47. The quantitative estimate of drug-likeness (QED) is 0.0731. The fourth-order valence-corrected chi connectivity index (χ4v) is 7.65. The van der Waals surface area contributed by atoms with Crippen LogP contribution in [0.3, 0.4) is 0 Å². The second-order valence-corrected chi connectivity index (χ2v) is 14.4. The van der Waals surface area contributed by atoms with Gasteiger partial charge in [0.05, 0.1) is 17.8 Å². The lowest BCUT2D eigenvalue weighted by Crippen LogP contribution is -2.61. The largest absolute Gasteiger partial charge is 0.480 e. The number of nitrogens with zero attached hydrogens (tertiary/aromatic N) is 3. The maximum atomic E-state index is 15.0. The molecule has 0 saturated heterocycles. The van der Waals surface area contributed by atoms with Gasteiger partial charge in [-0.25, -0.2) is 4.79 Å². The topological polar surface area (TPSA) is 238 Å². The molecule has 2 aliphatic rings. The van der Waals surface area contributed by atoms with Crippen molar-refractivity contribution in [3.63, 3.8) is 0 Å². The van der Waals surface area contributed by atoms with Crippen molar-refractivity contribution in [2.45, 2.75) is 102 Å². The molecule has 3 aromatic rings. The van der Waals surface area contributed by atoms with Crippen LogP contribution in [0.2, 0.25) is 0 Å². The van der Waals surface area contributed by atoms with Crippen molar-refractivity contribution in [3.05, 3.63) is 65.4 Å². The zero-order chi connectivity index (χ0) is 38.2. The van der Waals surface area contributed by atoms with E-state index in [1.165, 1.54) is 11.8 Å². The standard InChI is InChI=1S/C38H51N9O6/c1-21(2)31(43-22(3)48)34(49)45-32(23-10-5-4-6-11-23)35(50)44-29(14-9-17-41-38(39)40)36(51)47-30(37(52)53)19-24-12-7-8-13-27(24)33(47)25-15-16-28-26(18-25)20-42-46-28/h7-8,12-13,15-16,18,20-21,23,29-33H,4-6,9-11,14,17,19H2,1-3H3,(H,42,46)(H,43,48)(H,44,50)(H,45,49)(H,52,53)(H4,39,40,41)/t29-,30-,31-,32?,33?/m0/s1. The van der Waals surface area contributed by atoms with Gasteiger partial charge in [-0.15, -0.1) is 0 Å². The van der Waals surface area contributed by atoms with Crippen molar-refractivity contribution < 1.29 is 29.1 Å². The third-order valence-electron chi connectivity index (χ3n) is 10.3. The molecule has 5 atom stereocenters. The molecule has 1 saturated carbocycles. The maximum absolute atomic E-state index is 15.0. The highest BCUT2D eigenvalue weighted by Crippen LogP contribution is 2.39. The minimum absolute atomic E-state index is 0.0663. The Morgan fingerprint density at radius 3 is 2.42 bits per heavy atom. The Morgan fingerprint density at radius 2 is 1.74 bits per heavy atom. The number of benzene rings is 2. The number of carbonyl (C=O) groups is 5. The van der Waals surface area contributed by atoms with Crippen LogP contribution in [-0.4, -0.2) is 86.5 Å². The normalized spacial score (nSPS) is 19.1. The zero-order valence-electron chi connectivity index (χ0n) is 30.5. The van der Waals surface area contributed by atoms with Gasteiger partial charge in [-0.3, -0.25) is 29.3 Å². The first-order valence-corrected chi connectivity index (χ1v) is 18.3. The van der Waals surface area contributed by atoms with Crippen LogP contribution in [0.4, 0.5) is 0 Å². The second-order valence-electron chi connectivity index (χ2n) is 14.4. The number of fused-ring (bicyclic) bond motifs is 2. The lowest BCUT2D eigenvalue weighted by Gasteiger charge is -2.43. The summed E-state index contributed by atoms with van der Waals surface area (Å²) in [4.78, 5) is 73.5. The van der Waals surface area contributed by atoms with Gasteiger partial charge in [0.2, 0.25) is 23.6 Å². The third-order valence-corrected chi connectivity index (χ3v) is 10.3. The van der Waals surface area contributed by atoms with Gasteiger partial charge in [0.1, 0.15) is 24.2 Å². The average molecular weight is 730 g/mol. The SMILES string of the molecule is CC(=O)N[C@H](C(=O)NC(C(=O)N[C@@H](CCCN=C(N)N)C(=O)N1C(c2ccc3[nH]ncc3c2)c2ccccc2C[C@H]1C(=O)O)C1CCCCC1)C(C)C. The minimum atomic E-state index is -1.25. The van der Waals surface area contributed by atoms with Crippen LogP contribution in [0, 0.1) is 11.8 Å². The van der Waals surface area contributed by atoms with E-state index in [0.29, 0.717) is 24.8 Å². The molecule has 1 aliphatic carbocycles. The van der Waals surface area contributed by atoms with Crippen LogP contribution in [0.1, 0.15) is 88.4 Å². The number of guanidine groups is 1. The molecule has 0 spiro atoms. The maximum Gasteiger partial charge on any atom is 0.326 e. The Bertz CT molecular complexity index is 1830. The monoisotopic (exact) mass is 729 g/mol. The first kappa shape index (κ1) is 38.8. The molecule has 1 fully saturated rings. The number of carbonyl (C=O) groups excluding carboxylic acids is 4. The highest BCUT2D eigenvalue weighted by molar-refractivity contribution is 5.96. The molecule has 0 bridgehead atoms. The molecule has 1 aromatic heterocycles. The molecule has 284 valence electrons. The smallest absolute Gasteiger partial charge is 0.326 e. The van der Waals surface area contributed by atoms with Crippen LogP contribution in [0.25, 0.3) is 10.9 Å². The molecule has 1 aliphatic heterocycles. The fourth-order valence-electron chi connectivity index (χ4n) is 7.65. The van der Waals surface area contributed by atoms with Crippen molar-refractivity contribution in [3.8, 4) is 0 Å². The summed E-state index contributed by atoms with van der Waals surface area (Å²) in [5.74, 6) is -3.79. The van der Waals surface area contributed by atoms with Crippen molar-refractivity contribution in [2.75, 3.05) is 6.54 Å². The predicted molar refractivity (Wildman–Crippen MR) is 199 cm³/mol. The Kier molecular flexibility index (Phi) is 12.7. The number of aliphatic imine (C=N–C) groups is 1. The van der Waals surface area contributed by atoms with Gasteiger partial charge < -0.3 is 37.4 Å². The average Bonchev–Trinajstić information content (AvgIpc) is 3.61. The number of nitrogens with one attached hydrogen (secondary N) is 4. The Labute approximate surface area is 308 Å². The van der Waals surface area contributed by atoms with Crippen LogP contribution < -0.4 is 27.4 Å². The van der Waals surface area contributed by atoms with Gasteiger partial charge in [0.25, 0.3) is 0 Å². The summed E-state index contributed by atoms with van der Waals surface area (Å²) in [7, 11) is 0. The fraction of sp³-hybridized carbons (Fsp3) is 0.500. The first-order chi connectivity index (χ1) is 25.3. The van der Waals surface area contributed by atoms with E-state index in [1.807, 2.05) is 42.5 Å². The number of carboxylic acid groups (broad SMARTS) is 1. The number of H-pyrrole nitrogens is 1. The lowest BCUT2D eigenvalue weighted by atomic mass is 9.82. The van der Waals surface area contributed by atoms with E-state index in [9.17, 15) is 24.3 Å². The molecule has 2 aromatic carbocycles. The van der Waals surface area contributed by atoms with E-state index in [1.54, 1.807) is 20.0 Å². The van der Waals surface area contributed by atoms with E-state index in [2.05, 4.69) is 31.1 Å². The van der Waals surface area contributed by atoms with Crippen LogP contribution in [0.15, 0.2) is 53.7 Å². The lowest BCUT2D eigenvalue weighted by molar-refractivity contribution is -0.154. The number of aliphatic carboxylic acids is 1. The summed E-state index contributed by atoms with van der Waals surface area (Å²) in [5, 5.41) is 27.0. The van der Waals surface area contributed by atoms with Gasteiger partial charge in [0, 0.05) is 25.3 Å². The summed E-state index contributed by atoms with van der Waals surface area (Å²) < 4.78 is 0. The number of amides is 4. The number of nitrogens with two attached hydrogens (primary N) is 2. The minimum Gasteiger partial charge on any atom is -0.480 e. The summed E-state index contributed by atoms with van der Waals surface area (Å²) in [6, 6.07) is 7.89. The number of aromatic nitrogens is 2. The number of hydrogen-bond donors (Lipinski definition) is 7. The van der Waals surface area contributed by atoms with E-state index >= 15 is 4.79 Å². The summed E-state index contributed by atoms with van der Waals surface area (Å²) in [5.41, 5.74) is 14.2. The van der Waals surface area contributed by atoms with Crippen LogP contribution >= 0.6 is 0 Å². The van der Waals surface area contributed by atoms with Gasteiger partial charge in [-0.2, -0.15) is 5.10 Å². The Balaban J connectivity index is 1.53. The summed E-state index contributed by atoms with van der Waals surface area (Å²) in [6.45, 7) is 5.11. The van der Waals surface area contributed by atoms with E-state index in [0.717, 1.165) is 41.3 Å². The molecular formula is C38H51N9O6. The molecule has 5 rings (SSSR count).